The molecule has 0 aromatic carbocycles. The Morgan fingerprint density at radius 1 is 1.07 bits per heavy atom. The number of hydrogen-bond acceptors (Lipinski definition) is 2. The van der Waals surface area contributed by atoms with Gasteiger partial charge in [-0.05, 0) is 91.8 Å². The lowest BCUT2D eigenvalue weighted by atomic mass is 9.47. The topological polar surface area (TPSA) is 40.5 Å². The number of alkyl halides is 3. The lowest BCUT2D eigenvalue weighted by Gasteiger charge is -2.58. The van der Waals surface area contributed by atoms with Gasteiger partial charge in [0.1, 0.15) is 0 Å². The predicted molar refractivity (Wildman–Crippen MR) is 102 cm³/mol. The van der Waals surface area contributed by atoms with Gasteiger partial charge in [0.15, 0.2) is 6.10 Å². The van der Waals surface area contributed by atoms with E-state index in [1.165, 1.54) is 5.57 Å². The molecule has 2 N–H and O–H groups in total. The summed E-state index contributed by atoms with van der Waals surface area (Å²) in [6, 6.07) is 0. The van der Waals surface area contributed by atoms with Crippen molar-refractivity contribution in [2.75, 3.05) is 0 Å². The number of allylic oxidation sites excluding steroid dienone is 1. The minimum absolute atomic E-state index is 0.0681. The van der Waals surface area contributed by atoms with Gasteiger partial charge in [0.05, 0.1) is 6.10 Å². The molecule has 3 saturated carbocycles. The number of fused-ring (bicyclic) bond motifs is 5. The second kappa shape index (κ2) is 6.73. The molecule has 0 radical (unpaired) electrons. The summed E-state index contributed by atoms with van der Waals surface area (Å²) >= 11 is 0. The van der Waals surface area contributed by atoms with Crippen LogP contribution in [0.2, 0.25) is 0 Å². The maximum absolute atomic E-state index is 13.2. The minimum atomic E-state index is -4.54. The Bertz CT molecular complexity index is 644. The van der Waals surface area contributed by atoms with E-state index in [2.05, 4.69) is 19.9 Å². The number of rotatable bonds is 2. The molecule has 0 heterocycles. The Hall–Kier alpha value is -0.550. The fourth-order valence-electron chi connectivity index (χ4n) is 8.06. The molecule has 0 aromatic heterocycles. The van der Waals surface area contributed by atoms with Crippen LogP contribution in [0.4, 0.5) is 13.2 Å². The van der Waals surface area contributed by atoms with Crippen molar-refractivity contribution in [2.45, 2.75) is 90.5 Å². The van der Waals surface area contributed by atoms with Crippen molar-refractivity contribution < 1.29 is 23.4 Å². The summed E-state index contributed by atoms with van der Waals surface area (Å²) in [5.74, 6) is 0.742. The average molecular weight is 401 g/mol. The summed E-state index contributed by atoms with van der Waals surface area (Å²) in [5.41, 5.74) is 1.47. The number of aliphatic hydroxyl groups is 2. The molecule has 5 heteroatoms. The monoisotopic (exact) mass is 400 g/mol. The molecule has 0 saturated heterocycles. The zero-order valence-corrected chi connectivity index (χ0v) is 17.3. The van der Waals surface area contributed by atoms with Crippen LogP contribution in [0.3, 0.4) is 0 Å². The second-order valence-electron chi connectivity index (χ2n) is 10.7. The van der Waals surface area contributed by atoms with Crippen LogP contribution in [-0.2, 0) is 0 Å². The van der Waals surface area contributed by atoms with Crippen molar-refractivity contribution in [3.8, 4) is 0 Å². The Morgan fingerprint density at radius 3 is 2.46 bits per heavy atom. The van der Waals surface area contributed by atoms with Crippen molar-refractivity contribution in [1.29, 1.82) is 0 Å². The quantitative estimate of drug-likeness (QED) is 0.602. The third-order valence-corrected chi connectivity index (χ3v) is 9.62. The fourth-order valence-corrected chi connectivity index (χ4v) is 8.06. The first-order valence-electron chi connectivity index (χ1n) is 11.1. The van der Waals surface area contributed by atoms with Crippen molar-refractivity contribution in [3.05, 3.63) is 11.6 Å². The van der Waals surface area contributed by atoms with Gasteiger partial charge in [0.2, 0.25) is 0 Å². The van der Waals surface area contributed by atoms with Gasteiger partial charge in [-0.1, -0.05) is 32.4 Å². The van der Waals surface area contributed by atoms with E-state index in [1.54, 1.807) is 6.92 Å². The highest BCUT2D eigenvalue weighted by Crippen LogP contribution is 2.67. The Labute approximate surface area is 166 Å². The molecule has 2 nitrogen and oxygen atoms in total. The van der Waals surface area contributed by atoms with Crippen LogP contribution in [-0.4, -0.2) is 28.6 Å². The summed E-state index contributed by atoms with van der Waals surface area (Å²) in [6.45, 7) is 6.18. The van der Waals surface area contributed by atoms with Gasteiger partial charge in [0, 0.05) is 0 Å². The third-order valence-electron chi connectivity index (χ3n) is 9.62. The molecule has 4 rings (SSSR count). The first-order chi connectivity index (χ1) is 13.0. The van der Waals surface area contributed by atoms with Gasteiger partial charge in [-0.15, -0.1) is 0 Å². The first-order valence-corrected chi connectivity index (χ1v) is 11.1. The summed E-state index contributed by atoms with van der Waals surface area (Å²) in [7, 11) is 0. The molecular weight excluding hydrogens is 365 g/mol. The van der Waals surface area contributed by atoms with Crippen molar-refractivity contribution in [1.82, 2.24) is 0 Å². The van der Waals surface area contributed by atoms with E-state index >= 15 is 0 Å². The molecule has 0 aromatic rings. The van der Waals surface area contributed by atoms with Crippen molar-refractivity contribution >= 4 is 0 Å². The molecule has 0 spiro atoms. The predicted octanol–water partition coefficient (Wildman–Crippen LogP) is 5.49. The molecule has 0 aliphatic heterocycles. The first kappa shape index (κ1) is 20.7. The Morgan fingerprint density at radius 2 is 1.79 bits per heavy atom. The van der Waals surface area contributed by atoms with E-state index in [-0.39, 0.29) is 22.9 Å². The summed E-state index contributed by atoms with van der Waals surface area (Å²) in [4.78, 5) is 0. The highest BCUT2D eigenvalue weighted by Gasteiger charge is 2.60. The lowest BCUT2D eigenvalue weighted by molar-refractivity contribution is -0.227. The van der Waals surface area contributed by atoms with E-state index in [1.807, 2.05) is 0 Å². The molecule has 4 aliphatic carbocycles. The number of aliphatic hydroxyl groups excluding tert-OH is 2. The Kier molecular flexibility index (Phi) is 4.98. The maximum Gasteiger partial charge on any atom is 0.414 e. The van der Waals surface area contributed by atoms with E-state index < -0.39 is 18.2 Å². The molecular formula is C23H35F3O2. The van der Waals surface area contributed by atoms with E-state index in [9.17, 15) is 23.4 Å². The maximum atomic E-state index is 13.2. The zero-order chi connectivity index (χ0) is 20.5. The van der Waals surface area contributed by atoms with Crippen LogP contribution in [0, 0.1) is 40.4 Å². The van der Waals surface area contributed by atoms with Gasteiger partial charge >= 0.3 is 6.18 Å². The molecule has 0 amide bonds. The van der Waals surface area contributed by atoms with Gasteiger partial charge in [-0.2, -0.15) is 13.2 Å². The van der Waals surface area contributed by atoms with E-state index in [0.717, 1.165) is 51.4 Å². The highest BCUT2D eigenvalue weighted by atomic mass is 19.4. The second-order valence-corrected chi connectivity index (χ2v) is 10.7. The average Bonchev–Trinajstić information content (AvgIpc) is 2.97. The largest absolute Gasteiger partial charge is 0.414 e. The number of halogens is 3. The fraction of sp³-hybridized carbons (Fsp3) is 0.913. The molecule has 28 heavy (non-hydrogen) atoms. The lowest BCUT2D eigenvalue weighted by Crippen LogP contribution is -2.52. The SMILES string of the molecule is C[C@H](C(O)C(F)(F)F)C1CC[C@H]2C3CC=C4C[C@@H](O)CCC4(C)[C@H]3CCC12C. The van der Waals surface area contributed by atoms with Crippen LogP contribution in [0.15, 0.2) is 11.6 Å². The molecule has 4 aliphatic rings. The van der Waals surface area contributed by atoms with Gasteiger partial charge in [-0.3, -0.25) is 0 Å². The van der Waals surface area contributed by atoms with Gasteiger partial charge < -0.3 is 10.2 Å². The van der Waals surface area contributed by atoms with Crippen LogP contribution >= 0.6 is 0 Å². The highest BCUT2D eigenvalue weighted by molar-refractivity contribution is 5.25. The van der Waals surface area contributed by atoms with Crippen LogP contribution in [0.1, 0.15) is 72.1 Å². The normalized spacial score (nSPS) is 48.1. The third kappa shape index (κ3) is 2.98. The molecule has 0 bridgehead atoms. The molecule has 160 valence electrons. The van der Waals surface area contributed by atoms with Crippen LogP contribution in [0.25, 0.3) is 0 Å². The van der Waals surface area contributed by atoms with Crippen molar-refractivity contribution in [2.24, 2.45) is 40.4 Å². The molecule has 5 unspecified atom stereocenters. The van der Waals surface area contributed by atoms with Gasteiger partial charge in [-0.25, -0.2) is 0 Å². The summed E-state index contributed by atoms with van der Waals surface area (Å²) in [5, 5.41) is 20.0. The standard InChI is InChI=1S/C23H35F3O2/c1-13(20(28)23(24,25)26)17-6-7-18-16-5-4-14-12-15(27)8-10-21(14,2)19(16)9-11-22(17,18)3/h4,13,15-20,27-28H,5-12H2,1-3H3/t13-,15-,16?,17?,18-,19-,20?,21?,22?/m0/s1. The summed E-state index contributed by atoms with van der Waals surface area (Å²) in [6.07, 6.45) is 2.87. The zero-order valence-electron chi connectivity index (χ0n) is 17.3. The minimum Gasteiger partial charge on any atom is -0.393 e. The smallest absolute Gasteiger partial charge is 0.393 e. The van der Waals surface area contributed by atoms with E-state index in [0.29, 0.717) is 17.8 Å². The number of hydrogen-bond donors (Lipinski definition) is 2. The van der Waals surface area contributed by atoms with Gasteiger partial charge in [0.25, 0.3) is 0 Å². The van der Waals surface area contributed by atoms with Crippen molar-refractivity contribution in [3.63, 3.8) is 0 Å². The van der Waals surface area contributed by atoms with Crippen LogP contribution < -0.4 is 0 Å². The molecule has 3 fully saturated rings. The molecule has 9 atom stereocenters. The summed E-state index contributed by atoms with van der Waals surface area (Å²) < 4.78 is 39.5. The van der Waals surface area contributed by atoms with Crippen LogP contribution in [0.5, 0.6) is 0 Å². The Balaban J connectivity index is 1.59. The van der Waals surface area contributed by atoms with E-state index in [4.69, 9.17) is 0 Å².